The fourth-order valence-electron chi connectivity index (χ4n) is 4.80. The molecule has 212 valence electrons. The zero-order chi connectivity index (χ0) is 27.6. The Morgan fingerprint density at radius 1 is 1.07 bits per heavy atom. The summed E-state index contributed by atoms with van der Waals surface area (Å²) in [5.41, 5.74) is 3.71. The molecule has 5 aromatic rings. The van der Waals surface area contributed by atoms with Crippen LogP contribution < -0.4 is 10.1 Å². The summed E-state index contributed by atoms with van der Waals surface area (Å²) in [4.78, 5) is 22.4. The average molecular weight is 575 g/mol. The van der Waals surface area contributed by atoms with E-state index in [4.69, 9.17) is 9.84 Å². The lowest BCUT2D eigenvalue weighted by Crippen LogP contribution is -2.34. The van der Waals surface area contributed by atoms with Crippen LogP contribution in [0, 0.1) is 6.92 Å². The van der Waals surface area contributed by atoms with Crippen LogP contribution in [0.4, 0.5) is 5.82 Å². The maximum absolute atomic E-state index is 13.3. The van der Waals surface area contributed by atoms with Crippen LogP contribution in [0.15, 0.2) is 78.2 Å². The van der Waals surface area contributed by atoms with Gasteiger partial charge in [-0.3, -0.25) is 4.79 Å². The van der Waals surface area contributed by atoms with Crippen molar-refractivity contribution < 1.29 is 19.2 Å². The quantitative estimate of drug-likeness (QED) is 0.314. The van der Waals surface area contributed by atoms with E-state index in [1.54, 1.807) is 53.1 Å². The summed E-state index contributed by atoms with van der Waals surface area (Å²) in [5, 5.41) is 12.2. The lowest BCUT2D eigenvalue weighted by Gasteiger charge is -2.29. The highest BCUT2D eigenvalue weighted by atomic mass is 32.2. The Bertz CT molecular complexity index is 1680. The van der Waals surface area contributed by atoms with Gasteiger partial charge in [0.25, 0.3) is 5.91 Å². The van der Waals surface area contributed by atoms with Crippen LogP contribution in [-0.2, 0) is 11.0 Å². The maximum atomic E-state index is 13.3. The van der Waals surface area contributed by atoms with Crippen molar-refractivity contribution in [3.63, 3.8) is 0 Å². The molecular weight excluding hydrogens is 544 g/mol. The predicted molar refractivity (Wildman–Crippen MR) is 154 cm³/mol. The largest absolute Gasteiger partial charge is 0.481 e. The number of amides is 1. The molecule has 0 aliphatic carbocycles. The van der Waals surface area contributed by atoms with E-state index in [9.17, 15) is 9.00 Å². The van der Waals surface area contributed by atoms with Crippen LogP contribution in [0.2, 0.25) is 0 Å². The van der Waals surface area contributed by atoms with Gasteiger partial charge in [0, 0.05) is 49.7 Å². The van der Waals surface area contributed by atoms with E-state index in [2.05, 4.69) is 20.4 Å². The minimum Gasteiger partial charge on any atom is -0.481 e. The Kier molecular flexibility index (Phi) is 8.19. The van der Waals surface area contributed by atoms with Gasteiger partial charge in [-0.15, -0.1) is 0 Å². The van der Waals surface area contributed by atoms with Gasteiger partial charge < -0.3 is 15.5 Å². The second-order valence-corrected chi connectivity index (χ2v) is 11.1. The van der Waals surface area contributed by atoms with Crippen LogP contribution in [-0.4, -0.2) is 69.5 Å². The first-order valence-electron chi connectivity index (χ1n) is 12.9. The molecule has 1 fully saturated rings. The fraction of sp³-hybridized carbons (Fsp3) is 0.250. The molecule has 3 N–H and O–H groups in total. The normalized spacial score (nSPS) is 14.9. The molecule has 6 rings (SSSR count). The standard InChI is InChI=1S/C28H28N8O3S.H2O/c1-19-4-6-21(7-5-19)36-25(32-28(37)23-18-31-35-13-3-12-29-27(23)35)16-24(33-36)20-10-14-34(15-11-20)40(38)22-8-9-26(39-2)30-17-22;/h3-9,12-13,16-18,20H,10-11,14-15H2,1-2H3,(H,32,37);1H2. The summed E-state index contributed by atoms with van der Waals surface area (Å²) in [6.07, 6.45) is 8.06. The number of anilines is 1. The van der Waals surface area contributed by atoms with Crippen LogP contribution in [0.5, 0.6) is 5.88 Å². The second-order valence-electron chi connectivity index (χ2n) is 9.59. The van der Waals surface area contributed by atoms with Crippen molar-refractivity contribution >= 4 is 28.4 Å². The number of pyridine rings is 1. The number of hydrogen-bond donors (Lipinski definition) is 1. The molecule has 1 atom stereocenters. The number of methoxy groups -OCH3 is 1. The molecule has 1 amide bonds. The van der Waals surface area contributed by atoms with Crippen LogP contribution in [0.3, 0.4) is 0 Å². The summed E-state index contributed by atoms with van der Waals surface area (Å²) < 4.78 is 23.5. The highest BCUT2D eigenvalue weighted by Crippen LogP contribution is 2.32. The van der Waals surface area contributed by atoms with Crippen molar-refractivity contribution in [2.45, 2.75) is 30.6 Å². The Hall–Kier alpha value is -4.46. The lowest BCUT2D eigenvalue weighted by molar-refractivity contribution is 0.102. The number of carbonyl (C=O) groups is 1. The summed E-state index contributed by atoms with van der Waals surface area (Å²) in [7, 11) is 0.253. The molecule has 1 saturated heterocycles. The zero-order valence-electron chi connectivity index (χ0n) is 22.6. The summed E-state index contributed by atoms with van der Waals surface area (Å²) in [6, 6.07) is 15.2. The van der Waals surface area contributed by atoms with Crippen LogP contribution in [0.25, 0.3) is 11.3 Å². The minimum atomic E-state index is -1.30. The van der Waals surface area contributed by atoms with E-state index in [0.29, 0.717) is 40.9 Å². The molecule has 1 aromatic carbocycles. The minimum absolute atomic E-state index is 0. The smallest absolute Gasteiger partial charge is 0.262 e. The molecule has 0 spiro atoms. The van der Waals surface area contributed by atoms with E-state index >= 15 is 0 Å². The number of fused-ring (bicyclic) bond motifs is 1. The topological polar surface area (TPSA) is 151 Å². The number of aromatic nitrogens is 6. The molecule has 5 heterocycles. The monoisotopic (exact) mass is 574 g/mol. The van der Waals surface area contributed by atoms with Gasteiger partial charge in [0.15, 0.2) is 5.65 Å². The van der Waals surface area contributed by atoms with E-state index in [0.717, 1.165) is 29.8 Å². The van der Waals surface area contributed by atoms with E-state index in [1.807, 2.05) is 41.6 Å². The highest BCUT2D eigenvalue weighted by molar-refractivity contribution is 7.82. The van der Waals surface area contributed by atoms with Crippen molar-refractivity contribution in [2.24, 2.45) is 0 Å². The molecule has 13 heteroatoms. The molecule has 4 aromatic heterocycles. The fourth-order valence-corrected chi connectivity index (χ4v) is 5.97. The summed E-state index contributed by atoms with van der Waals surface area (Å²) in [6.45, 7) is 3.33. The molecule has 12 nitrogen and oxygen atoms in total. The van der Waals surface area contributed by atoms with E-state index in [1.165, 1.54) is 6.20 Å². The third-order valence-electron chi connectivity index (χ3n) is 7.00. The number of ether oxygens (including phenoxy) is 1. The van der Waals surface area contributed by atoms with E-state index < -0.39 is 11.0 Å². The number of benzene rings is 1. The van der Waals surface area contributed by atoms with Crippen molar-refractivity contribution in [1.29, 1.82) is 0 Å². The van der Waals surface area contributed by atoms with Gasteiger partial charge in [-0.2, -0.15) is 10.2 Å². The Morgan fingerprint density at radius 2 is 1.85 bits per heavy atom. The van der Waals surface area contributed by atoms with Crippen LogP contribution in [0.1, 0.15) is 40.4 Å². The molecule has 1 unspecified atom stereocenters. The van der Waals surface area contributed by atoms with Gasteiger partial charge in [-0.1, -0.05) is 17.7 Å². The van der Waals surface area contributed by atoms with Crippen molar-refractivity contribution in [2.75, 3.05) is 25.5 Å². The molecule has 1 aliphatic heterocycles. The van der Waals surface area contributed by atoms with Crippen molar-refractivity contribution in [3.05, 3.63) is 90.1 Å². The third kappa shape index (κ3) is 5.73. The number of hydrogen-bond acceptors (Lipinski definition) is 7. The molecular formula is C28H30N8O4S. The molecule has 0 radical (unpaired) electrons. The Morgan fingerprint density at radius 3 is 2.56 bits per heavy atom. The maximum Gasteiger partial charge on any atom is 0.262 e. The number of nitrogens with zero attached hydrogens (tertiary/aromatic N) is 7. The number of aryl methyl sites for hydroxylation is 1. The molecule has 0 saturated carbocycles. The number of piperidine rings is 1. The lowest BCUT2D eigenvalue weighted by atomic mass is 9.95. The molecule has 41 heavy (non-hydrogen) atoms. The van der Waals surface area contributed by atoms with E-state index in [-0.39, 0.29) is 17.3 Å². The van der Waals surface area contributed by atoms with Gasteiger partial charge in [-0.05, 0) is 44.0 Å². The van der Waals surface area contributed by atoms with Crippen molar-refractivity contribution in [3.8, 4) is 11.6 Å². The number of rotatable bonds is 7. The number of nitrogens with one attached hydrogen (secondary N) is 1. The first kappa shape index (κ1) is 28.1. The first-order chi connectivity index (χ1) is 19.5. The van der Waals surface area contributed by atoms with Gasteiger partial charge in [0.1, 0.15) is 22.4 Å². The third-order valence-corrected chi connectivity index (χ3v) is 8.48. The molecule has 1 aliphatic rings. The Balaban J connectivity index is 0.00000337. The average Bonchev–Trinajstić information content (AvgIpc) is 3.62. The highest BCUT2D eigenvalue weighted by Gasteiger charge is 2.28. The summed E-state index contributed by atoms with van der Waals surface area (Å²) in [5.74, 6) is 0.897. The Labute approximate surface area is 238 Å². The second kappa shape index (κ2) is 12.0. The SMILES string of the molecule is COc1ccc(S(=O)N2CCC(c3cc(NC(=O)c4cnn5cccnc45)n(-c4ccc(C)cc4)n3)CC2)cn1.O. The zero-order valence-corrected chi connectivity index (χ0v) is 23.4. The molecule has 0 bridgehead atoms. The van der Waals surface area contributed by atoms with Gasteiger partial charge in [0.2, 0.25) is 5.88 Å². The van der Waals surface area contributed by atoms with Gasteiger partial charge >= 0.3 is 0 Å². The predicted octanol–water partition coefficient (Wildman–Crippen LogP) is 2.96. The van der Waals surface area contributed by atoms with Gasteiger partial charge in [-0.25, -0.2) is 27.7 Å². The number of carbonyl (C=O) groups excluding carboxylic acids is 1. The van der Waals surface area contributed by atoms with Crippen LogP contribution >= 0.6 is 0 Å². The first-order valence-corrected chi connectivity index (χ1v) is 14.0. The van der Waals surface area contributed by atoms with Crippen molar-refractivity contribution in [1.82, 2.24) is 33.7 Å². The summed E-state index contributed by atoms with van der Waals surface area (Å²) >= 11 is 0. The van der Waals surface area contributed by atoms with Gasteiger partial charge in [0.05, 0.1) is 29.6 Å².